The van der Waals surface area contributed by atoms with Crippen LogP contribution in [0.1, 0.15) is 5.56 Å². The molecule has 0 bridgehead atoms. The van der Waals surface area contributed by atoms with Crippen LogP contribution in [0.3, 0.4) is 0 Å². The lowest BCUT2D eigenvalue weighted by molar-refractivity contribution is -0.118. The Labute approximate surface area is 141 Å². The van der Waals surface area contributed by atoms with Gasteiger partial charge in [-0.1, -0.05) is 17.8 Å². The van der Waals surface area contributed by atoms with Crippen molar-refractivity contribution < 1.29 is 23.0 Å². The summed E-state index contributed by atoms with van der Waals surface area (Å²) in [6, 6.07) is 4.49. The van der Waals surface area contributed by atoms with Gasteiger partial charge < -0.3 is 19.4 Å². The maximum atomic E-state index is 12.3. The first-order valence-electron chi connectivity index (χ1n) is 6.85. The summed E-state index contributed by atoms with van der Waals surface area (Å²) >= 11 is 1.26. The van der Waals surface area contributed by atoms with E-state index in [1.807, 2.05) is 0 Å². The van der Waals surface area contributed by atoms with Gasteiger partial charge in [-0.3, -0.25) is 4.79 Å². The molecule has 1 heterocycles. The average molecular weight is 358 g/mol. The van der Waals surface area contributed by atoms with Gasteiger partial charge in [0, 0.05) is 13.6 Å². The summed E-state index contributed by atoms with van der Waals surface area (Å²) in [7, 11) is 3.14. The quantitative estimate of drug-likeness (QED) is 0.726. The lowest BCUT2D eigenvalue weighted by atomic mass is 10.2. The fraction of sp³-hybridized carbons (Fsp3) is 0.357. The van der Waals surface area contributed by atoms with Crippen molar-refractivity contribution in [2.45, 2.75) is 18.3 Å². The Kier molecular flexibility index (Phi) is 6.36. The van der Waals surface area contributed by atoms with E-state index < -0.39 is 6.61 Å². The number of amides is 1. The molecule has 0 saturated carbocycles. The summed E-state index contributed by atoms with van der Waals surface area (Å²) in [4.78, 5) is 11.8. The molecule has 0 unspecified atom stereocenters. The monoisotopic (exact) mass is 358 g/mol. The molecule has 0 atom stereocenters. The molecule has 2 rings (SSSR count). The highest BCUT2D eigenvalue weighted by atomic mass is 32.2. The Morgan fingerprint density at radius 2 is 2.21 bits per heavy atom. The first-order chi connectivity index (χ1) is 11.5. The van der Waals surface area contributed by atoms with Crippen molar-refractivity contribution in [3.63, 3.8) is 0 Å². The molecule has 1 aromatic carbocycles. The first-order valence-corrected chi connectivity index (χ1v) is 7.83. The third-order valence-electron chi connectivity index (χ3n) is 2.94. The lowest BCUT2D eigenvalue weighted by Gasteiger charge is -2.12. The van der Waals surface area contributed by atoms with Crippen LogP contribution < -0.4 is 14.8 Å². The smallest absolute Gasteiger partial charge is 0.387 e. The predicted molar refractivity (Wildman–Crippen MR) is 83.2 cm³/mol. The number of aryl methyl sites for hydroxylation is 1. The highest BCUT2D eigenvalue weighted by Gasteiger charge is 2.12. The molecule has 1 N–H and O–H groups in total. The van der Waals surface area contributed by atoms with Crippen molar-refractivity contribution in [3.05, 3.63) is 30.1 Å². The fourth-order valence-corrected chi connectivity index (χ4v) is 2.52. The van der Waals surface area contributed by atoms with Crippen LogP contribution in [0, 0.1) is 0 Å². The molecule has 24 heavy (non-hydrogen) atoms. The van der Waals surface area contributed by atoms with Crippen LogP contribution in [-0.2, 0) is 18.4 Å². The molecule has 0 fully saturated rings. The van der Waals surface area contributed by atoms with Crippen molar-refractivity contribution in [2.75, 3.05) is 12.9 Å². The van der Waals surface area contributed by atoms with Gasteiger partial charge >= 0.3 is 6.61 Å². The lowest BCUT2D eigenvalue weighted by Crippen LogP contribution is -2.24. The van der Waals surface area contributed by atoms with Gasteiger partial charge in [-0.25, -0.2) is 0 Å². The number of nitrogens with zero attached hydrogens (tertiary/aromatic N) is 3. The number of alkyl halides is 2. The van der Waals surface area contributed by atoms with Crippen LogP contribution >= 0.6 is 11.8 Å². The molecule has 10 heteroatoms. The third-order valence-corrected chi connectivity index (χ3v) is 3.97. The molecule has 0 aliphatic carbocycles. The minimum absolute atomic E-state index is 0.0552. The second-order valence-corrected chi connectivity index (χ2v) is 5.60. The van der Waals surface area contributed by atoms with E-state index in [-0.39, 0.29) is 29.7 Å². The van der Waals surface area contributed by atoms with E-state index >= 15 is 0 Å². The van der Waals surface area contributed by atoms with Crippen molar-refractivity contribution in [1.29, 1.82) is 0 Å². The molecule has 0 aliphatic rings. The first kappa shape index (κ1) is 18.0. The standard InChI is InChI=1S/C14H16F2N4O3S/c1-20-8-18-19-14(20)24-7-12(21)17-6-9-3-4-10(23-13(15)16)11(5-9)22-2/h3-5,8,13H,6-7H2,1-2H3,(H,17,21). The number of carbonyl (C=O) groups is 1. The van der Waals surface area contributed by atoms with Gasteiger partial charge in [-0.15, -0.1) is 10.2 Å². The molecule has 7 nitrogen and oxygen atoms in total. The van der Waals surface area contributed by atoms with E-state index in [9.17, 15) is 13.6 Å². The number of carbonyl (C=O) groups excluding carboxylic acids is 1. The van der Waals surface area contributed by atoms with Gasteiger partial charge in [0.1, 0.15) is 6.33 Å². The van der Waals surface area contributed by atoms with Crippen LogP contribution in [0.25, 0.3) is 0 Å². The number of nitrogens with one attached hydrogen (secondary N) is 1. The number of hydrogen-bond donors (Lipinski definition) is 1. The number of benzene rings is 1. The zero-order chi connectivity index (χ0) is 17.5. The van der Waals surface area contributed by atoms with Gasteiger partial charge in [0.05, 0.1) is 12.9 Å². The molecular weight excluding hydrogens is 342 g/mol. The highest BCUT2D eigenvalue weighted by molar-refractivity contribution is 7.99. The number of methoxy groups -OCH3 is 1. The Hall–Kier alpha value is -2.36. The molecule has 0 aliphatic heterocycles. The van der Waals surface area contributed by atoms with Gasteiger partial charge in [0.15, 0.2) is 16.7 Å². The topological polar surface area (TPSA) is 78.3 Å². The molecule has 0 spiro atoms. The Bertz CT molecular complexity index is 696. The SMILES string of the molecule is COc1cc(CNC(=O)CSc2nncn2C)ccc1OC(F)F. The molecule has 1 amide bonds. The fourth-order valence-electron chi connectivity index (χ4n) is 1.80. The normalized spacial score (nSPS) is 10.7. The Balaban J connectivity index is 1.87. The van der Waals surface area contributed by atoms with E-state index in [4.69, 9.17) is 4.74 Å². The number of ether oxygens (including phenoxy) is 2. The van der Waals surface area contributed by atoms with Gasteiger partial charge in [0.25, 0.3) is 0 Å². The van der Waals surface area contributed by atoms with Gasteiger partial charge in [-0.2, -0.15) is 8.78 Å². The van der Waals surface area contributed by atoms with Crippen molar-refractivity contribution in [2.24, 2.45) is 7.05 Å². The number of thioether (sulfide) groups is 1. The molecule has 0 saturated heterocycles. The molecule has 2 aromatic rings. The number of aromatic nitrogens is 3. The van der Waals surface area contributed by atoms with E-state index in [0.717, 1.165) is 0 Å². The summed E-state index contributed by atoms with van der Waals surface area (Å²) in [5, 5.41) is 11.0. The van der Waals surface area contributed by atoms with Crippen LogP contribution in [0.15, 0.2) is 29.7 Å². The van der Waals surface area contributed by atoms with E-state index in [1.165, 1.54) is 31.0 Å². The van der Waals surface area contributed by atoms with Crippen molar-refractivity contribution in [3.8, 4) is 11.5 Å². The maximum absolute atomic E-state index is 12.3. The van der Waals surface area contributed by atoms with E-state index in [0.29, 0.717) is 10.7 Å². The summed E-state index contributed by atoms with van der Waals surface area (Å²) < 4.78 is 35.6. The number of halogens is 2. The summed E-state index contributed by atoms with van der Waals surface area (Å²) in [5.74, 6) is 0.127. The Morgan fingerprint density at radius 1 is 1.42 bits per heavy atom. The summed E-state index contributed by atoms with van der Waals surface area (Å²) in [6.07, 6.45) is 1.55. The van der Waals surface area contributed by atoms with E-state index in [2.05, 4.69) is 20.3 Å². The predicted octanol–water partition coefficient (Wildman–Crippen LogP) is 1.83. The molecule has 1 aromatic heterocycles. The minimum atomic E-state index is -2.93. The van der Waals surface area contributed by atoms with Gasteiger partial charge in [0.2, 0.25) is 5.91 Å². The van der Waals surface area contributed by atoms with Crippen molar-refractivity contribution in [1.82, 2.24) is 20.1 Å². The highest BCUT2D eigenvalue weighted by Crippen LogP contribution is 2.29. The summed E-state index contributed by atoms with van der Waals surface area (Å²) in [5.41, 5.74) is 0.700. The zero-order valence-corrected chi connectivity index (χ0v) is 13.8. The minimum Gasteiger partial charge on any atom is -0.493 e. The number of rotatable bonds is 8. The summed E-state index contributed by atoms with van der Waals surface area (Å²) in [6.45, 7) is -2.69. The maximum Gasteiger partial charge on any atom is 0.387 e. The second kappa shape index (κ2) is 8.48. The largest absolute Gasteiger partial charge is 0.493 e. The number of hydrogen-bond acceptors (Lipinski definition) is 6. The molecule has 0 radical (unpaired) electrons. The van der Waals surface area contributed by atoms with E-state index in [1.54, 1.807) is 24.0 Å². The van der Waals surface area contributed by atoms with Crippen LogP contribution in [-0.4, -0.2) is 40.1 Å². The van der Waals surface area contributed by atoms with Crippen LogP contribution in [0.4, 0.5) is 8.78 Å². The van der Waals surface area contributed by atoms with Gasteiger partial charge in [-0.05, 0) is 17.7 Å². The average Bonchev–Trinajstić information content (AvgIpc) is 2.96. The van der Waals surface area contributed by atoms with Crippen molar-refractivity contribution >= 4 is 17.7 Å². The van der Waals surface area contributed by atoms with Crippen LogP contribution in [0.2, 0.25) is 0 Å². The Morgan fingerprint density at radius 3 is 2.83 bits per heavy atom. The zero-order valence-electron chi connectivity index (χ0n) is 13.0. The van der Waals surface area contributed by atoms with Crippen LogP contribution in [0.5, 0.6) is 11.5 Å². The third kappa shape index (κ3) is 5.08. The second-order valence-electron chi connectivity index (χ2n) is 4.65. The molecule has 130 valence electrons. The molecular formula is C14H16F2N4O3S.